The Morgan fingerprint density at radius 2 is 1.92 bits per heavy atom. The van der Waals surface area contributed by atoms with E-state index in [1.54, 1.807) is 33.8 Å². The van der Waals surface area contributed by atoms with Crippen molar-refractivity contribution in [3.05, 3.63) is 11.6 Å². The van der Waals surface area contributed by atoms with Crippen LogP contribution in [0.4, 0.5) is 0 Å². The van der Waals surface area contributed by atoms with E-state index in [9.17, 15) is 14.4 Å². The highest BCUT2D eigenvalue weighted by Crippen LogP contribution is 2.29. The lowest BCUT2D eigenvalue weighted by Crippen LogP contribution is -2.46. The Morgan fingerprint density at radius 1 is 1.29 bits per heavy atom. The largest absolute Gasteiger partial charge is 0.466 e. The SMILES string of the molecule is CC[C@H](NC(=O)C1CC(OC)C=C1C(=O)OC)C(=O)OC(C)(C)C. The van der Waals surface area contributed by atoms with Gasteiger partial charge < -0.3 is 19.5 Å². The molecule has 0 aromatic heterocycles. The molecule has 0 spiro atoms. The first-order valence-electron chi connectivity index (χ1n) is 7.99. The van der Waals surface area contributed by atoms with Gasteiger partial charge in [0, 0.05) is 12.7 Å². The van der Waals surface area contributed by atoms with Crippen LogP contribution in [0.15, 0.2) is 11.6 Å². The minimum absolute atomic E-state index is 0.251. The van der Waals surface area contributed by atoms with Crippen molar-refractivity contribution in [2.45, 2.75) is 58.3 Å². The van der Waals surface area contributed by atoms with E-state index in [-0.39, 0.29) is 11.7 Å². The predicted molar refractivity (Wildman–Crippen MR) is 87.1 cm³/mol. The molecule has 1 aliphatic rings. The molecule has 2 unspecified atom stereocenters. The minimum Gasteiger partial charge on any atom is -0.466 e. The number of nitrogens with one attached hydrogen (secondary N) is 1. The standard InChI is InChI=1S/C17H27NO6/c1-7-13(16(21)24-17(2,3)4)18-14(19)11-8-10(22-5)9-12(11)15(20)23-6/h9-11,13H,7-8H2,1-6H3,(H,18,19)/t10?,11?,13-/m0/s1. The Balaban J connectivity index is 2.83. The number of hydrogen-bond acceptors (Lipinski definition) is 6. The monoisotopic (exact) mass is 341 g/mol. The van der Waals surface area contributed by atoms with Crippen molar-refractivity contribution in [1.82, 2.24) is 5.32 Å². The lowest BCUT2D eigenvalue weighted by atomic mass is 9.99. The van der Waals surface area contributed by atoms with Gasteiger partial charge in [-0.3, -0.25) is 4.79 Å². The second-order valence-electron chi connectivity index (χ2n) is 6.68. The normalized spacial score (nSPS) is 21.7. The summed E-state index contributed by atoms with van der Waals surface area (Å²) in [6, 6.07) is -0.766. The second kappa shape index (κ2) is 8.28. The first-order chi connectivity index (χ1) is 11.1. The molecule has 0 saturated carbocycles. The van der Waals surface area contributed by atoms with Crippen molar-refractivity contribution < 1.29 is 28.6 Å². The van der Waals surface area contributed by atoms with E-state index in [4.69, 9.17) is 14.2 Å². The van der Waals surface area contributed by atoms with Crippen LogP contribution in [0.3, 0.4) is 0 Å². The summed E-state index contributed by atoms with van der Waals surface area (Å²) in [4.78, 5) is 36.6. The number of ether oxygens (including phenoxy) is 3. The van der Waals surface area contributed by atoms with E-state index in [1.165, 1.54) is 14.2 Å². The summed E-state index contributed by atoms with van der Waals surface area (Å²) in [5, 5.41) is 2.67. The van der Waals surface area contributed by atoms with Gasteiger partial charge in [-0.15, -0.1) is 0 Å². The van der Waals surface area contributed by atoms with E-state index in [0.717, 1.165) is 0 Å². The van der Waals surface area contributed by atoms with Gasteiger partial charge in [0.25, 0.3) is 0 Å². The maximum atomic E-state index is 12.6. The van der Waals surface area contributed by atoms with Gasteiger partial charge in [-0.05, 0) is 39.7 Å². The first kappa shape index (κ1) is 20.2. The number of amides is 1. The Bertz CT molecular complexity index is 520. The molecule has 136 valence electrons. The van der Waals surface area contributed by atoms with Crippen LogP contribution in [0.1, 0.15) is 40.5 Å². The van der Waals surface area contributed by atoms with Crippen LogP contribution in [0.5, 0.6) is 0 Å². The van der Waals surface area contributed by atoms with Gasteiger partial charge in [-0.1, -0.05) is 6.92 Å². The molecule has 1 N–H and O–H groups in total. The number of carbonyl (C=O) groups is 3. The average Bonchev–Trinajstić information content (AvgIpc) is 2.94. The third-order valence-corrected chi connectivity index (χ3v) is 3.67. The van der Waals surface area contributed by atoms with Gasteiger partial charge in [0.1, 0.15) is 11.6 Å². The molecule has 0 heterocycles. The van der Waals surface area contributed by atoms with Crippen molar-refractivity contribution in [2.75, 3.05) is 14.2 Å². The van der Waals surface area contributed by atoms with Crippen molar-refractivity contribution in [3.8, 4) is 0 Å². The van der Waals surface area contributed by atoms with Crippen LogP contribution >= 0.6 is 0 Å². The summed E-state index contributed by atoms with van der Waals surface area (Å²) in [5.41, 5.74) is -0.387. The molecule has 0 aromatic rings. The molecule has 0 radical (unpaired) electrons. The fourth-order valence-corrected chi connectivity index (χ4v) is 2.46. The van der Waals surface area contributed by atoms with Gasteiger partial charge in [0.15, 0.2) is 0 Å². The molecule has 0 bridgehead atoms. The molecule has 7 heteroatoms. The van der Waals surface area contributed by atoms with Gasteiger partial charge in [-0.2, -0.15) is 0 Å². The maximum absolute atomic E-state index is 12.6. The fraction of sp³-hybridized carbons (Fsp3) is 0.706. The average molecular weight is 341 g/mol. The number of hydrogen-bond donors (Lipinski definition) is 1. The first-order valence-corrected chi connectivity index (χ1v) is 7.99. The highest BCUT2D eigenvalue weighted by atomic mass is 16.6. The molecule has 0 saturated heterocycles. The summed E-state index contributed by atoms with van der Waals surface area (Å²) >= 11 is 0. The van der Waals surface area contributed by atoms with Gasteiger partial charge in [-0.25, -0.2) is 9.59 Å². The molecule has 1 rings (SSSR count). The van der Waals surface area contributed by atoms with Crippen LogP contribution in [-0.4, -0.2) is 49.8 Å². The third kappa shape index (κ3) is 5.33. The van der Waals surface area contributed by atoms with E-state index in [2.05, 4.69) is 5.32 Å². The maximum Gasteiger partial charge on any atom is 0.334 e. The van der Waals surface area contributed by atoms with E-state index >= 15 is 0 Å². The van der Waals surface area contributed by atoms with Crippen LogP contribution in [-0.2, 0) is 28.6 Å². The third-order valence-electron chi connectivity index (χ3n) is 3.67. The minimum atomic E-state index is -0.766. The van der Waals surface area contributed by atoms with Crippen LogP contribution in [0, 0.1) is 5.92 Å². The quantitative estimate of drug-likeness (QED) is 0.734. The molecule has 7 nitrogen and oxygen atoms in total. The van der Waals surface area contributed by atoms with Crippen molar-refractivity contribution >= 4 is 17.8 Å². The van der Waals surface area contributed by atoms with Crippen LogP contribution in [0.2, 0.25) is 0 Å². The highest BCUT2D eigenvalue weighted by Gasteiger charge is 2.38. The van der Waals surface area contributed by atoms with Crippen LogP contribution < -0.4 is 5.32 Å². The van der Waals surface area contributed by atoms with Crippen molar-refractivity contribution in [2.24, 2.45) is 5.92 Å². The summed E-state index contributed by atoms with van der Waals surface area (Å²) < 4.78 is 15.2. The van der Waals surface area contributed by atoms with E-state index in [0.29, 0.717) is 12.8 Å². The topological polar surface area (TPSA) is 90.9 Å². The number of methoxy groups -OCH3 is 2. The van der Waals surface area contributed by atoms with Crippen molar-refractivity contribution in [3.63, 3.8) is 0 Å². The molecule has 0 aliphatic heterocycles. The van der Waals surface area contributed by atoms with E-state index < -0.39 is 35.4 Å². The molecular weight excluding hydrogens is 314 g/mol. The summed E-state index contributed by atoms with van der Waals surface area (Å²) in [7, 11) is 2.76. The molecule has 24 heavy (non-hydrogen) atoms. The Kier molecular flexibility index (Phi) is 6.95. The Hall–Kier alpha value is -1.89. The lowest BCUT2D eigenvalue weighted by Gasteiger charge is -2.25. The summed E-state index contributed by atoms with van der Waals surface area (Å²) in [6.07, 6.45) is 1.97. The lowest BCUT2D eigenvalue weighted by molar-refractivity contribution is -0.158. The number of rotatable bonds is 6. The number of carbonyl (C=O) groups excluding carboxylic acids is 3. The Morgan fingerprint density at radius 3 is 2.38 bits per heavy atom. The summed E-state index contributed by atoms with van der Waals surface area (Å²) in [6.45, 7) is 7.06. The van der Waals surface area contributed by atoms with Crippen molar-refractivity contribution in [1.29, 1.82) is 0 Å². The zero-order valence-corrected chi connectivity index (χ0v) is 15.2. The fourth-order valence-electron chi connectivity index (χ4n) is 2.46. The number of esters is 2. The van der Waals surface area contributed by atoms with Gasteiger partial charge in [0.2, 0.25) is 5.91 Å². The molecule has 3 atom stereocenters. The van der Waals surface area contributed by atoms with Crippen LogP contribution in [0.25, 0.3) is 0 Å². The molecule has 0 fully saturated rings. The highest BCUT2D eigenvalue weighted by molar-refractivity contribution is 5.99. The Labute approximate surface area is 142 Å². The molecule has 1 amide bonds. The van der Waals surface area contributed by atoms with Gasteiger partial charge >= 0.3 is 11.9 Å². The zero-order valence-electron chi connectivity index (χ0n) is 15.2. The molecule has 0 aromatic carbocycles. The molecule has 1 aliphatic carbocycles. The van der Waals surface area contributed by atoms with E-state index in [1.807, 2.05) is 0 Å². The van der Waals surface area contributed by atoms with Gasteiger partial charge in [0.05, 0.1) is 19.1 Å². The smallest absolute Gasteiger partial charge is 0.334 e. The summed E-state index contributed by atoms with van der Waals surface area (Å²) in [5.74, 6) is -2.19. The second-order valence-corrected chi connectivity index (χ2v) is 6.68. The molecular formula is C17H27NO6. The zero-order chi connectivity index (χ0) is 18.5. The predicted octanol–water partition coefficient (Wildman–Crippen LogP) is 1.36.